The van der Waals surface area contributed by atoms with E-state index >= 15 is 0 Å². The Labute approximate surface area is 114 Å². The summed E-state index contributed by atoms with van der Waals surface area (Å²) in [5.41, 5.74) is 0. The molecule has 0 aliphatic rings. The monoisotopic (exact) mass is 195 g/mol. The van der Waals surface area contributed by atoms with Crippen LogP contribution in [0.4, 0.5) is 0 Å². The van der Waals surface area contributed by atoms with Gasteiger partial charge in [-0.05, 0) is 0 Å². The number of hydrogen-bond acceptors (Lipinski definition) is 3. The van der Waals surface area contributed by atoms with Crippen molar-refractivity contribution in [2.24, 2.45) is 0 Å². The summed E-state index contributed by atoms with van der Waals surface area (Å²) in [5.74, 6) is 0. The molecule has 3 N–H and O–H groups in total. The Balaban J connectivity index is -0.0000000150. The van der Waals surface area contributed by atoms with Crippen molar-refractivity contribution in [2.75, 3.05) is 0 Å². The van der Waals surface area contributed by atoms with E-state index in [9.17, 15) is 0 Å². The van der Waals surface area contributed by atoms with Gasteiger partial charge in [0.05, 0.1) is 0 Å². The molecule has 0 rings (SSSR count). The molecule has 0 aromatic rings. The Morgan fingerprint density at radius 3 is 0.714 bits per heavy atom. The van der Waals surface area contributed by atoms with Crippen molar-refractivity contribution in [3.05, 3.63) is 0 Å². The summed E-state index contributed by atoms with van der Waals surface area (Å²) in [6.07, 6.45) is 0. The third kappa shape index (κ3) is 44.2. The molecule has 0 heterocycles. The van der Waals surface area contributed by atoms with Crippen LogP contribution in [-0.4, -0.2) is 117 Å². The van der Waals surface area contributed by atoms with Crippen LogP contribution < -0.4 is 0 Å². The van der Waals surface area contributed by atoms with Crippen LogP contribution >= 0.6 is 0 Å². The van der Waals surface area contributed by atoms with Gasteiger partial charge in [-0.1, -0.05) is 0 Å². The van der Waals surface area contributed by atoms with Crippen LogP contribution in [-0.2, 0) is 0 Å². The fourth-order valence-electron chi connectivity index (χ4n) is 0. The number of hydrogen-bond donors (Lipinski definition) is 3. The second-order valence-electron chi connectivity index (χ2n) is 0.268. The van der Waals surface area contributed by atoms with Gasteiger partial charge >= 0.3 is 28.0 Å². The molecule has 0 aromatic heterocycles. The SMILES string of the molecule is O[As](O)O.[Na].[Na].[Na]. The molecule has 7 heavy (non-hydrogen) atoms. The van der Waals surface area contributed by atoms with E-state index in [2.05, 4.69) is 0 Å². The molecule has 0 aromatic carbocycles. The first kappa shape index (κ1) is 22.4. The molecule has 0 saturated heterocycles. The van der Waals surface area contributed by atoms with E-state index in [1.165, 1.54) is 0 Å². The Morgan fingerprint density at radius 2 is 0.714 bits per heavy atom. The second-order valence-corrected chi connectivity index (χ2v) is 1.39. The predicted molar refractivity (Wildman–Crippen MR) is 29.7 cm³/mol. The third-order valence-corrected chi connectivity index (χ3v) is 0. The van der Waals surface area contributed by atoms with E-state index in [0.29, 0.717) is 0 Å². The van der Waals surface area contributed by atoms with Gasteiger partial charge < -0.3 is 0 Å². The van der Waals surface area contributed by atoms with Crippen LogP contribution in [0.2, 0.25) is 0 Å². The van der Waals surface area contributed by atoms with Gasteiger partial charge in [-0.25, -0.2) is 0 Å². The molecule has 0 saturated carbocycles. The van der Waals surface area contributed by atoms with Gasteiger partial charge in [0.1, 0.15) is 0 Å². The number of rotatable bonds is 0. The molecule has 0 bridgehead atoms. The minimum absolute atomic E-state index is 0. The summed E-state index contributed by atoms with van der Waals surface area (Å²) < 4.78 is 21.9. The van der Waals surface area contributed by atoms with Gasteiger partial charge in [-0.2, -0.15) is 0 Å². The molecule has 0 aliphatic carbocycles. The van der Waals surface area contributed by atoms with Crippen LogP contribution in [0.5, 0.6) is 0 Å². The van der Waals surface area contributed by atoms with Crippen molar-refractivity contribution in [3.63, 3.8) is 0 Å². The summed E-state index contributed by atoms with van der Waals surface area (Å²) in [4.78, 5) is 0. The third-order valence-electron chi connectivity index (χ3n) is 0. The second kappa shape index (κ2) is 16.2. The maximum absolute atomic E-state index is 7.31. The van der Waals surface area contributed by atoms with E-state index in [0.717, 1.165) is 0 Å². The minimum atomic E-state index is -3.19. The Morgan fingerprint density at radius 1 is 0.714 bits per heavy atom. The molecule has 0 aliphatic heterocycles. The summed E-state index contributed by atoms with van der Waals surface area (Å²) >= 11 is -3.19. The fraction of sp³-hybridized carbons (Fsp3) is 0. The van der Waals surface area contributed by atoms with Crippen molar-refractivity contribution < 1.29 is 12.3 Å². The Bertz CT molecular complexity index is 14.9. The van der Waals surface area contributed by atoms with Gasteiger partial charge in [-0.15, -0.1) is 0 Å². The van der Waals surface area contributed by atoms with E-state index < -0.39 is 15.7 Å². The Kier molecular flexibility index (Phi) is 52.0. The van der Waals surface area contributed by atoms with Crippen molar-refractivity contribution in [1.82, 2.24) is 0 Å². The standard InChI is InChI=1S/AsH3O3.3Na/c2-1(3)4;;;/h2-4H;;;. The first-order valence-corrected chi connectivity index (χ1v) is 3.12. The van der Waals surface area contributed by atoms with Gasteiger partial charge in [0.2, 0.25) is 0 Å². The molecule has 3 radical (unpaired) electrons. The van der Waals surface area contributed by atoms with Crippen LogP contribution in [0.15, 0.2) is 0 Å². The minimum Gasteiger partial charge on any atom is 0 e. The first-order chi connectivity index (χ1) is 1.73. The predicted octanol–water partition coefficient (Wildman–Crippen LogP) is -3.19. The summed E-state index contributed by atoms with van der Waals surface area (Å²) in [5, 5.41) is 0. The average Bonchev–Trinajstić information content (AvgIpc) is 0.811. The van der Waals surface area contributed by atoms with E-state index in [1.807, 2.05) is 0 Å². The van der Waals surface area contributed by atoms with E-state index in [-0.39, 0.29) is 88.7 Å². The van der Waals surface area contributed by atoms with E-state index in [1.54, 1.807) is 0 Å². The quantitative estimate of drug-likeness (QED) is 0.357. The smallest absolute Gasteiger partial charge is 0 e. The zero-order valence-corrected chi connectivity index (χ0v) is 12.7. The molecule has 0 unspecified atom stereocenters. The average molecular weight is 195 g/mol. The fourth-order valence-corrected chi connectivity index (χ4v) is 0. The molecule has 0 atom stereocenters. The normalized spacial score (nSPS) is 5.14. The van der Waals surface area contributed by atoms with Gasteiger partial charge in [0, 0.05) is 88.7 Å². The largest absolute Gasteiger partial charge is 0 e. The summed E-state index contributed by atoms with van der Waals surface area (Å²) in [6, 6.07) is 0. The van der Waals surface area contributed by atoms with Crippen molar-refractivity contribution in [3.8, 4) is 0 Å². The van der Waals surface area contributed by atoms with Gasteiger partial charge in [0.15, 0.2) is 0 Å². The molecule has 0 fully saturated rings. The Hall–Kier alpha value is 3.44. The van der Waals surface area contributed by atoms with Crippen molar-refractivity contribution in [2.45, 2.75) is 0 Å². The maximum atomic E-state index is 7.31. The molecular weight excluding hydrogens is 192 g/mol. The zero-order valence-electron chi connectivity index (χ0n) is 4.79. The molecule has 0 spiro atoms. The molecule has 0 amide bonds. The molecule has 29 valence electrons. The van der Waals surface area contributed by atoms with Gasteiger partial charge in [0.25, 0.3) is 0 Å². The van der Waals surface area contributed by atoms with Crippen molar-refractivity contribution >= 4 is 104 Å². The van der Waals surface area contributed by atoms with Crippen LogP contribution in [0.1, 0.15) is 0 Å². The van der Waals surface area contributed by atoms with Crippen LogP contribution in [0, 0.1) is 0 Å². The summed E-state index contributed by atoms with van der Waals surface area (Å²) in [7, 11) is 0. The van der Waals surface area contributed by atoms with Crippen LogP contribution in [0.3, 0.4) is 0 Å². The maximum Gasteiger partial charge on any atom is 0 e. The molecule has 7 heteroatoms. The zero-order chi connectivity index (χ0) is 3.58. The van der Waals surface area contributed by atoms with Crippen LogP contribution in [0.25, 0.3) is 0 Å². The first-order valence-electron chi connectivity index (χ1n) is 0.600. The van der Waals surface area contributed by atoms with Crippen molar-refractivity contribution in [1.29, 1.82) is 0 Å². The molecule has 3 nitrogen and oxygen atoms in total. The van der Waals surface area contributed by atoms with Gasteiger partial charge in [-0.3, -0.25) is 0 Å². The summed E-state index contributed by atoms with van der Waals surface area (Å²) in [6.45, 7) is 0. The van der Waals surface area contributed by atoms with E-state index in [4.69, 9.17) is 12.3 Å². The topological polar surface area (TPSA) is 60.7 Å². The molecular formula is H3AsNa3O3.